The van der Waals surface area contributed by atoms with Gasteiger partial charge in [-0.3, -0.25) is 9.36 Å². The number of aryl methyl sites for hydroxylation is 1. The molecule has 3 aromatic heterocycles. The molecule has 0 aliphatic heterocycles. The molecule has 1 aromatic carbocycles. The van der Waals surface area contributed by atoms with Gasteiger partial charge in [0.15, 0.2) is 0 Å². The van der Waals surface area contributed by atoms with Crippen LogP contribution in [0.15, 0.2) is 45.4 Å². The van der Waals surface area contributed by atoms with Crippen molar-refractivity contribution < 1.29 is 9.32 Å². The van der Waals surface area contributed by atoms with Crippen LogP contribution in [0, 0.1) is 6.92 Å². The Bertz CT molecular complexity index is 1140. The number of hydrogen-bond donors (Lipinski definition) is 1. The topological polar surface area (TPSA) is 76.2 Å². The predicted molar refractivity (Wildman–Crippen MR) is 113 cm³/mol. The predicted octanol–water partition coefficient (Wildman–Crippen LogP) is 4.14. The molecular weight excluding hydrogens is 442 g/mol. The van der Waals surface area contributed by atoms with E-state index in [1.807, 2.05) is 56.3 Å². The minimum Gasteiger partial charge on any atom is -0.361 e. The van der Waals surface area contributed by atoms with E-state index in [0.717, 1.165) is 32.2 Å². The van der Waals surface area contributed by atoms with E-state index in [0.29, 0.717) is 17.1 Å². The average molecular weight is 460 g/mol. The molecule has 4 aromatic rings. The number of benzene rings is 1. The third kappa shape index (κ3) is 3.55. The quantitative estimate of drug-likeness (QED) is 0.485. The molecule has 9 heteroatoms. The molecule has 0 atom stereocenters. The van der Waals surface area contributed by atoms with Gasteiger partial charge in [0.2, 0.25) is 5.95 Å². The number of amides is 1. The Morgan fingerprint density at radius 2 is 2.04 bits per heavy atom. The maximum atomic E-state index is 12.6. The molecular formula is C19H18BrN5O2S. The van der Waals surface area contributed by atoms with Crippen molar-refractivity contribution in [2.45, 2.75) is 13.5 Å². The maximum Gasteiger partial charge on any atom is 0.261 e. The minimum absolute atomic E-state index is 0.155. The third-order valence-corrected chi connectivity index (χ3v) is 5.77. The van der Waals surface area contributed by atoms with Crippen molar-refractivity contribution in [3.05, 3.63) is 57.2 Å². The fraction of sp³-hybridized carbons (Fsp3) is 0.211. The second-order valence-corrected chi connectivity index (χ2v) is 8.48. The lowest BCUT2D eigenvalue weighted by molar-refractivity contribution is 0.0954. The molecule has 0 saturated heterocycles. The fourth-order valence-electron chi connectivity index (χ4n) is 2.85. The smallest absolute Gasteiger partial charge is 0.261 e. The van der Waals surface area contributed by atoms with Gasteiger partial charge in [-0.25, -0.2) is 4.98 Å². The minimum atomic E-state index is -0.155. The van der Waals surface area contributed by atoms with Gasteiger partial charge in [-0.1, -0.05) is 21.1 Å². The summed E-state index contributed by atoms with van der Waals surface area (Å²) >= 11 is 4.89. The highest BCUT2D eigenvalue weighted by Crippen LogP contribution is 2.33. The van der Waals surface area contributed by atoms with Crippen LogP contribution in [-0.4, -0.2) is 34.7 Å². The number of aromatic nitrogens is 3. The van der Waals surface area contributed by atoms with Crippen LogP contribution in [0.3, 0.4) is 0 Å². The zero-order valence-corrected chi connectivity index (χ0v) is 18.0. The highest BCUT2D eigenvalue weighted by molar-refractivity contribution is 9.10. The van der Waals surface area contributed by atoms with Gasteiger partial charge in [0.25, 0.3) is 5.91 Å². The van der Waals surface area contributed by atoms with E-state index in [9.17, 15) is 4.79 Å². The van der Waals surface area contributed by atoms with Crippen molar-refractivity contribution in [1.82, 2.24) is 20.0 Å². The summed E-state index contributed by atoms with van der Waals surface area (Å²) in [6.45, 7) is 2.14. The van der Waals surface area contributed by atoms with Crippen LogP contribution in [0.1, 0.15) is 21.1 Å². The summed E-state index contributed by atoms with van der Waals surface area (Å²) in [5, 5.41) is 6.77. The van der Waals surface area contributed by atoms with Gasteiger partial charge in [-0.05, 0) is 37.3 Å². The summed E-state index contributed by atoms with van der Waals surface area (Å²) in [4.78, 5) is 20.8. The molecule has 0 spiro atoms. The first kappa shape index (κ1) is 18.7. The monoisotopic (exact) mass is 459 g/mol. The van der Waals surface area contributed by atoms with E-state index in [1.165, 1.54) is 11.3 Å². The number of nitrogens with zero attached hydrogens (tertiary/aromatic N) is 4. The summed E-state index contributed by atoms with van der Waals surface area (Å²) in [6, 6.07) is 11.6. The summed E-state index contributed by atoms with van der Waals surface area (Å²) < 4.78 is 8.09. The summed E-state index contributed by atoms with van der Waals surface area (Å²) in [5.74, 6) is 1.38. The van der Waals surface area contributed by atoms with Crippen molar-refractivity contribution in [2.75, 3.05) is 19.0 Å². The average Bonchev–Trinajstić information content (AvgIpc) is 3.34. The lowest BCUT2D eigenvalue weighted by Crippen LogP contribution is -2.22. The lowest BCUT2D eigenvalue weighted by Gasteiger charge is -2.14. The molecule has 1 amide bonds. The highest BCUT2D eigenvalue weighted by atomic mass is 79.9. The number of halogens is 1. The van der Waals surface area contributed by atoms with Crippen molar-refractivity contribution in [1.29, 1.82) is 0 Å². The summed E-state index contributed by atoms with van der Waals surface area (Å²) in [5.41, 5.74) is 2.47. The van der Waals surface area contributed by atoms with Crippen LogP contribution >= 0.6 is 27.3 Å². The van der Waals surface area contributed by atoms with Crippen molar-refractivity contribution >= 4 is 49.5 Å². The van der Waals surface area contributed by atoms with Gasteiger partial charge in [-0.2, -0.15) is 0 Å². The van der Waals surface area contributed by atoms with Crippen molar-refractivity contribution in [2.24, 2.45) is 0 Å². The van der Waals surface area contributed by atoms with E-state index in [1.54, 1.807) is 6.07 Å². The number of hydrogen-bond acceptors (Lipinski definition) is 6. The standard InChI is InChI=1S/C19H18BrN5O2S/c1-11-8-13(23-27-11)10-21-17(26)16-9-15-18(28-16)25(19(22-15)24(2)3)14-6-4-12(20)5-7-14/h4-9H,10H2,1-3H3,(H,21,26). The molecule has 1 N–H and O–H groups in total. The Morgan fingerprint density at radius 1 is 1.29 bits per heavy atom. The molecule has 0 radical (unpaired) electrons. The number of fused-ring (bicyclic) bond motifs is 1. The zero-order chi connectivity index (χ0) is 19.8. The number of anilines is 1. The molecule has 7 nitrogen and oxygen atoms in total. The van der Waals surface area contributed by atoms with E-state index >= 15 is 0 Å². The van der Waals surface area contributed by atoms with Crippen LogP contribution in [0.5, 0.6) is 0 Å². The molecule has 0 aliphatic rings. The Kier molecular flexibility index (Phi) is 4.94. The molecule has 0 fully saturated rings. The Hall–Kier alpha value is -2.65. The Labute approximate surface area is 174 Å². The van der Waals surface area contributed by atoms with Gasteiger partial charge in [0.05, 0.1) is 11.4 Å². The second-order valence-electron chi connectivity index (χ2n) is 6.53. The number of carbonyl (C=O) groups excluding carboxylic acids is 1. The number of thiophene rings is 1. The Balaban J connectivity index is 1.66. The normalized spacial score (nSPS) is 11.1. The lowest BCUT2D eigenvalue weighted by atomic mass is 10.3. The zero-order valence-electron chi connectivity index (χ0n) is 15.6. The van der Waals surface area contributed by atoms with Crippen LogP contribution in [-0.2, 0) is 6.54 Å². The summed E-state index contributed by atoms with van der Waals surface area (Å²) in [7, 11) is 3.91. The van der Waals surface area contributed by atoms with E-state index in [-0.39, 0.29) is 5.91 Å². The molecule has 28 heavy (non-hydrogen) atoms. The van der Waals surface area contributed by atoms with Gasteiger partial charge < -0.3 is 14.7 Å². The number of nitrogens with one attached hydrogen (secondary N) is 1. The van der Waals surface area contributed by atoms with Crippen LogP contribution in [0.2, 0.25) is 0 Å². The van der Waals surface area contributed by atoms with Gasteiger partial charge in [0, 0.05) is 30.3 Å². The van der Waals surface area contributed by atoms with Crippen molar-refractivity contribution in [3.63, 3.8) is 0 Å². The maximum absolute atomic E-state index is 12.6. The SMILES string of the molecule is Cc1cc(CNC(=O)c2cc3nc(N(C)C)n(-c4ccc(Br)cc4)c3s2)no1. The number of carbonyl (C=O) groups is 1. The molecule has 0 bridgehead atoms. The van der Waals surface area contributed by atoms with Crippen LogP contribution in [0.25, 0.3) is 16.0 Å². The first-order valence-electron chi connectivity index (χ1n) is 8.58. The van der Waals surface area contributed by atoms with Gasteiger partial charge in [0.1, 0.15) is 21.8 Å². The fourth-order valence-corrected chi connectivity index (χ4v) is 4.15. The highest BCUT2D eigenvalue weighted by Gasteiger charge is 2.20. The molecule has 0 saturated carbocycles. The van der Waals surface area contributed by atoms with E-state index < -0.39 is 0 Å². The first-order valence-corrected chi connectivity index (χ1v) is 10.2. The van der Waals surface area contributed by atoms with Crippen LogP contribution in [0.4, 0.5) is 5.95 Å². The Morgan fingerprint density at radius 3 is 2.68 bits per heavy atom. The largest absolute Gasteiger partial charge is 0.361 e. The first-order chi connectivity index (χ1) is 13.4. The molecule has 4 rings (SSSR count). The molecule has 0 aliphatic carbocycles. The number of rotatable bonds is 5. The molecule has 0 unspecified atom stereocenters. The molecule has 3 heterocycles. The summed E-state index contributed by atoms with van der Waals surface area (Å²) in [6.07, 6.45) is 0. The van der Waals surface area contributed by atoms with Crippen LogP contribution < -0.4 is 10.2 Å². The van der Waals surface area contributed by atoms with Crippen molar-refractivity contribution in [3.8, 4) is 5.69 Å². The van der Waals surface area contributed by atoms with Gasteiger partial charge in [-0.15, -0.1) is 11.3 Å². The van der Waals surface area contributed by atoms with E-state index in [4.69, 9.17) is 9.51 Å². The third-order valence-electron chi connectivity index (χ3n) is 4.13. The molecule has 144 valence electrons. The van der Waals surface area contributed by atoms with Gasteiger partial charge >= 0.3 is 0 Å². The van der Waals surface area contributed by atoms with E-state index in [2.05, 4.69) is 31.0 Å². The number of imidazole rings is 1. The second kappa shape index (κ2) is 7.40.